The summed E-state index contributed by atoms with van der Waals surface area (Å²) in [4.78, 5) is 11.4. The highest BCUT2D eigenvalue weighted by Crippen LogP contribution is 2.33. The van der Waals surface area contributed by atoms with Crippen LogP contribution in [-0.4, -0.2) is 67.5 Å². The van der Waals surface area contributed by atoms with Crippen molar-refractivity contribution in [3.63, 3.8) is 0 Å². The zero-order valence-electron chi connectivity index (χ0n) is 20.3. The summed E-state index contributed by atoms with van der Waals surface area (Å²) in [5, 5.41) is 20.7. The van der Waals surface area contributed by atoms with Gasteiger partial charge in [0.1, 0.15) is 12.2 Å². The van der Waals surface area contributed by atoms with Crippen molar-refractivity contribution in [2.24, 2.45) is 0 Å². The predicted octanol–water partition coefficient (Wildman–Crippen LogP) is 3.62. The van der Waals surface area contributed by atoms with Crippen LogP contribution in [0.5, 0.6) is 0 Å². The Labute approximate surface area is 199 Å². The van der Waals surface area contributed by atoms with Crippen LogP contribution in [0.25, 0.3) is 0 Å². The van der Waals surface area contributed by atoms with E-state index < -0.39 is 34.5 Å². The monoisotopic (exact) mass is 492 g/mol. The van der Waals surface area contributed by atoms with Crippen molar-refractivity contribution in [3.8, 4) is 0 Å². The Kier molecular flexibility index (Phi) is 12.6. The Morgan fingerprint density at radius 1 is 0.909 bits per heavy atom. The van der Waals surface area contributed by atoms with Gasteiger partial charge in [0.25, 0.3) is 10.1 Å². The van der Waals surface area contributed by atoms with E-state index in [-0.39, 0.29) is 31.0 Å². The largest absolute Gasteiger partial charge is 0.460 e. The van der Waals surface area contributed by atoms with E-state index in [0.29, 0.717) is 32.1 Å². The van der Waals surface area contributed by atoms with Crippen LogP contribution in [0.15, 0.2) is 0 Å². The quantitative estimate of drug-likeness (QED) is 0.179. The molecule has 2 heterocycles. The molecular formula is C24H44O8S. The van der Waals surface area contributed by atoms with E-state index in [4.69, 9.17) is 13.7 Å². The van der Waals surface area contributed by atoms with Gasteiger partial charge >= 0.3 is 5.97 Å². The molecule has 2 fully saturated rings. The van der Waals surface area contributed by atoms with Gasteiger partial charge in [0.2, 0.25) is 0 Å². The highest BCUT2D eigenvalue weighted by atomic mass is 32.2. The summed E-state index contributed by atoms with van der Waals surface area (Å²) in [5.41, 5.74) is 0. The van der Waals surface area contributed by atoms with E-state index >= 15 is 0 Å². The molecular weight excluding hydrogens is 448 g/mol. The fourth-order valence-corrected chi connectivity index (χ4v) is 5.44. The molecule has 8 nitrogen and oxygen atoms in total. The van der Waals surface area contributed by atoms with Crippen molar-refractivity contribution in [1.82, 2.24) is 0 Å². The molecule has 194 valence electrons. The third-order valence-electron chi connectivity index (χ3n) is 6.67. The Balaban J connectivity index is 1.72. The molecule has 9 heteroatoms. The second kappa shape index (κ2) is 14.6. The number of aliphatic hydroxyl groups is 2. The lowest BCUT2D eigenvalue weighted by molar-refractivity contribution is -0.148. The molecule has 0 aromatic rings. The van der Waals surface area contributed by atoms with Crippen LogP contribution >= 0.6 is 0 Å². The van der Waals surface area contributed by atoms with E-state index in [1.165, 1.54) is 32.1 Å². The SMILES string of the molecule is CCCCCCCCCC[C@H](O)[C@H](O)CC[C@@H](OS(C)(=O)=O)[C@H]1CC[C@H]([C@H]2CCC(=O)O2)O1. The van der Waals surface area contributed by atoms with Gasteiger partial charge in [0.05, 0.1) is 30.7 Å². The number of esters is 1. The van der Waals surface area contributed by atoms with Crippen LogP contribution in [0.3, 0.4) is 0 Å². The van der Waals surface area contributed by atoms with Gasteiger partial charge in [-0.1, -0.05) is 58.3 Å². The van der Waals surface area contributed by atoms with Crippen LogP contribution in [0.2, 0.25) is 0 Å². The lowest BCUT2D eigenvalue weighted by Crippen LogP contribution is -2.35. The van der Waals surface area contributed by atoms with Gasteiger partial charge in [-0.05, 0) is 38.5 Å². The minimum absolute atomic E-state index is 0.224. The molecule has 2 saturated heterocycles. The lowest BCUT2D eigenvalue weighted by atomic mass is 9.97. The van der Waals surface area contributed by atoms with Crippen LogP contribution < -0.4 is 0 Å². The molecule has 2 aliphatic heterocycles. The molecule has 33 heavy (non-hydrogen) atoms. The molecule has 6 atom stereocenters. The van der Waals surface area contributed by atoms with Gasteiger partial charge in [-0.15, -0.1) is 0 Å². The van der Waals surface area contributed by atoms with Crippen molar-refractivity contribution in [2.75, 3.05) is 6.26 Å². The smallest absolute Gasteiger partial charge is 0.306 e. The van der Waals surface area contributed by atoms with Gasteiger partial charge in [-0.2, -0.15) is 8.42 Å². The number of ether oxygens (including phenoxy) is 2. The van der Waals surface area contributed by atoms with Crippen molar-refractivity contribution in [2.45, 2.75) is 140 Å². The molecule has 0 amide bonds. The number of carbonyl (C=O) groups excluding carboxylic acids is 1. The van der Waals surface area contributed by atoms with Crippen LogP contribution in [-0.2, 0) is 28.6 Å². The van der Waals surface area contributed by atoms with E-state index in [9.17, 15) is 23.4 Å². The molecule has 0 spiro atoms. The summed E-state index contributed by atoms with van der Waals surface area (Å²) in [6, 6.07) is 0. The summed E-state index contributed by atoms with van der Waals surface area (Å²) in [6.07, 6.45) is 10.1. The highest BCUT2D eigenvalue weighted by Gasteiger charge is 2.41. The first-order valence-corrected chi connectivity index (χ1v) is 14.6. The summed E-state index contributed by atoms with van der Waals surface area (Å²) in [6.45, 7) is 2.20. The molecule has 0 aromatic carbocycles. The summed E-state index contributed by atoms with van der Waals surface area (Å²) >= 11 is 0. The maximum absolute atomic E-state index is 11.8. The first-order chi connectivity index (χ1) is 15.7. The Morgan fingerprint density at radius 2 is 1.55 bits per heavy atom. The Morgan fingerprint density at radius 3 is 2.15 bits per heavy atom. The van der Waals surface area contributed by atoms with Crippen LogP contribution in [0.1, 0.15) is 103 Å². The highest BCUT2D eigenvalue weighted by molar-refractivity contribution is 7.86. The van der Waals surface area contributed by atoms with Crippen LogP contribution in [0.4, 0.5) is 0 Å². The average Bonchev–Trinajstić information content (AvgIpc) is 3.41. The average molecular weight is 493 g/mol. The normalized spacial score (nSPS) is 26.3. The van der Waals surface area contributed by atoms with Crippen molar-refractivity contribution in [1.29, 1.82) is 0 Å². The van der Waals surface area contributed by atoms with Gasteiger partial charge in [-0.3, -0.25) is 8.98 Å². The number of hydrogen-bond donors (Lipinski definition) is 2. The lowest BCUT2D eigenvalue weighted by Gasteiger charge is -2.26. The fraction of sp³-hybridized carbons (Fsp3) is 0.958. The number of hydrogen-bond acceptors (Lipinski definition) is 8. The molecule has 0 unspecified atom stereocenters. The maximum Gasteiger partial charge on any atom is 0.306 e. The maximum atomic E-state index is 11.8. The zero-order valence-corrected chi connectivity index (χ0v) is 21.1. The number of rotatable bonds is 17. The molecule has 0 bridgehead atoms. The number of carbonyl (C=O) groups is 1. The number of aliphatic hydroxyl groups excluding tert-OH is 2. The van der Waals surface area contributed by atoms with Gasteiger partial charge < -0.3 is 19.7 Å². The van der Waals surface area contributed by atoms with E-state index in [1.54, 1.807) is 0 Å². The first kappa shape index (κ1) is 28.5. The Bertz CT molecular complexity index is 667. The molecule has 2 aliphatic rings. The molecule has 2 N–H and O–H groups in total. The molecule has 0 aliphatic carbocycles. The summed E-state index contributed by atoms with van der Waals surface area (Å²) in [7, 11) is -3.71. The third-order valence-corrected chi connectivity index (χ3v) is 7.27. The molecule has 0 aromatic heterocycles. The minimum atomic E-state index is -3.71. The Hall–Kier alpha value is -0.740. The molecule has 2 rings (SSSR count). The number of cyclic esters (lactones) is 1. The predicted molar refractivity (Wildman–Crippen MR) is 125 cm³/mol. The summed E-state index contributed by atoms with van der Waals surface area (Å²) in [5.74, 6) is -0.232. The van der Waals surface area contributed by atoms with Gasteiger partial charge in [-0.25, -0.2) is 0 Å². The third kappa shape index (κ3) is 11.0. The zero-order chi connectivity index (χ0) is 24.3. The van der Waals surface area contributed by atoms with Crippen molar-refractivity contribution in [3.05, 3.63) is 0 Å². The van der Waals surface area contributed by atoms with Crippen molar-refractivity contribution < 1.29 is 37.1 Å². The van der Waals surface area contributed by atoms with E-state index in [0.717, 1.165) is 25.5 Å². The van der Waals surface area contributed by atoms with Gasteiger partial charge in [0, 0.05) is 6.42 Å². The molecule has 0 radical (unpaired) electrons. The first-order valence-electron chi connectivity index (χ1n) is 12.8. The van der Waals surface area contributed by atoms with E-state index in [1.807, 2.05) is 0 Å². The minimum Gasteiger partial charge on any atom is -0.460 e. The topological polar surface area (TPSA) is 119 Å². The second-order valence-corrected chi connectivity index (χ2v) is 11.3. The van der Waals surface area contributed by atoms with Gasteiger partial charge in [0.15, 0.2) is 0 Å². The fourth-order valence-electron chi connectivity index (χ4n) is 4.77. The standard InChI is InChI=1S/C24H44O8S/c1-3-4-5-6-7-8-9-10-11-18(25)19(26)12-13-23(32-33(2,28)29)22-15-14-20(30-22)21-16-17-24(27)31-21/h18-23,25-26H,3-17H2,1-2H3/t18-,19+,20+,21+,22+,23+/m0/s1. The summed E-state index contributed by atoms with van der Waals surface area (Å²) < 4.78 is 40.2. The number of unbranched alkanes of at least 4 members (excludes halogenated alkanes) is 7. The second-order valence-electron chi connectivity index (χ2n) is 9.67. The van der Waals surface area contributed by atoms with E-state index in [2.05, 4.69) is 6.92 Å². The molecule has 0 saturated carbocycles. The van der Waals surface area contributed by atoms with Crippen molar-refractivity contribution >= 4 is 16.1 Å². The van der Waals surface area contributed by atoms with Crippen LogP contribution in [0, 0.1) is 0 Å².